The largest absolute Gasteiger partial charge is 0.468 e. The summed E-state index contributed by atoms with van der Waals surface area (Å²) in [6.07, 6.45) is 2.02. The average Bonchev–Trinajstić information content (AvgIpc) is 2.02. The summed E-state index contributed by atoms with van der Waals surface area (Å²) in [5.74, 6) is -0.0987. The monoisotopic (exact) mass is 195 g/mol. The Labute approximate surface area is 80.1 Å². The number of hydrogen-bond acceptors (Lipinski definition) is 3. The van der Waals surface area contributed by atoms with Gasteiger partial charge in [0.15, 0.2) is 0 Å². The molecule has 0 aliphatic carbocycles. The van der Waals surface area contributed by atoms with Crippen molar-refractivity contribution < 1.29 is 9.53 Å². The summed E-state index contributed by atoms with van der Waals surface area (Å²) in [7, 11) is 1.36. The summed E-state index contributed by atoms with van der Waals surface area (Å²) in [4.78, 5) is 10.9. The summed E-state index contributed by atoms with van der Waals surface area (Å²) in [6, 6.07) is -0.458. The Morgan fingerprint density at radius 2 is 2.08 bits per heavy atom. The first-order valence-electron chi connectivity index (χ1n) is 3.96. The molecule has 0 rings (SSSR count). The highest BCUT2D eigenvalue weighted by Crippen LogP contribution is 2.09. The van der Waals surface area contributed by atoms with Crippen LogP contribution in [0.15, 0.2) is 0 Å². The second-order valence-corrected chi connectivity index (χ2v) is 2.81. The Morgan fingerprint density at radius 1 is 1.58 bits per heavy atom. The quantitative estimate of drug-likeness (QED) is 0.689. The maximum Gasteiger partial charge on any atom is 0.322 e. The van der Waals surface area contributed by atoms with Gasteiger partial charge in [-0.15, -0.1) is 12.4 Å². The third-order valence-electron chi connectivity index (χ3n) is 1.83. The number of nitrogens with two attached hydrogens (primary N) is 1. The van der Waals surface area contributed by atoms with Crippen LogP contribution in [0.1, 0.15) is 26.7 Å². The number of esters is 1. The van der Waals surface area contributed by atoms with Gasteiger partial charge >= 0.3 is 5.97 Å². The molecule has 0 aliphatic heterocycles. The summed E-state index contributed by atoms with van der Waals surface area (Å²) < 4.78 is 4.52. The molecule has 0 aromatic rings. The van der Waals surface area contributed by atoms with Gasteiger partial charge in [0.2, 0.25) is 0 Å². The lowest BCUT2D eigenvalue weighted by atomic mass is 9.98. The molecular formula is C8H18ClNO2. The highest BCUT2D eigenvalue weighted by atomic mass is 35.5. The van der Waals surface area contributed by atoms with E-state index in [1.807, 2.05) is 6.92 Å². The minimum absolute atomic E-state index is 0. The normalized spacial score (nSPS) is 14.3. The number of rotatable bonds is 4. The van der Waals surface area contributed by atoms with E-state index in [1.54, 1.807) is 0 Å². The van der Waals surface area contributed by atoms with Gasteiger partial charge in [-0.25, -0.2) is 0 Å². The van der Waals surface area contributed by atoms with E-state index >= 15 is 0 Å². The first kappa shape index (κ1) is 14.3. The molecule has 0 heterocycles. The molecule has 0 saturated heterocycles. The molecule has 0 unspecified atom stereocenters. The van der Waals surface area contributed by atoms with Gasteiger partial charge in [0.1, 0.15) is 6.04 Å². The summed E-state index contributed by atoms with van der Waals surface area (Å²) >= 11 is 0. The number of ether oxygens (including phenoxy) is 1. The van der Waals surface area contributed by atoms with Gasteiger partial charge in [-0.05, 0) is 12.3 Å². The van der Waals surface area contributed by atoms with E-state index in [2.05, 4.69) is 11.7 Å². The van der Waals surface area contributed by atoms with Crippen molar-refractivity contribution in [2.75, 3.05) is 7.11 Å². The van der Waals surface area contributed by atoms with E-state index in [9.17, 15) is 4.79 Å². The molecule has 0 saturated carbocycles. The van der Waals surface area contributed by atoms with E-state index in [0.29, 0.717) is 0 Å². The predicted molar refractivity (Wildman–Crippen MR) is 51.3 cm³/mol. The molecule has 0 aromatic carbocycles. The standard InChI is InChI=1S/C8H17NO2.ClH/c1-4-5-6(2)7(9)8(10)11-3;/h6-7H,4-5,9H2,1-3H3;1H/t6-,7-;/m0./s1. The van der Waals surface area contributed by atoms with E-state index in [1.165, 1.54) is 7.11 Å². The van der Waals surface area contributed by atoms with Crippen LogP contribution in [0.4, 0.5) is 0 Å². The van der Waals surface area contributed by atoms with Gasteiger partial charge in [0.05, 0.1) is 7.11 Å². The predicted octanol–water partition coefficient (Wildman–Crippen LogP) is 1.34. The van der Waals surface area contributed by atoms with Crippen molar-refractivity contribution in [3.63, 3.8) is 0 Å². The minimum Gasteiger partial charge on any atom is -0.468 e. The summed E-state index contributed by atoms with van der Waals surface area (Å²) in [5.41, 5.74) is 5.58. The highest BCUT2D eigenvalue weighted by molar-refractivity contribution is 5.85. The van der Waals surface area contributed by atoms with Crippen LogP contribution in [0.2, 0.25) is 0 Å². The Kier molecular flexibility index (Phi) is 8.76. The van der Waals surface area contributed by atoms with Crippen molar-refractivity contribution in [3.05, 3.63) is 0 Å². The van der Waals surface area contributed by atoms with E-state index < -0.39 is 6.04 Å². The fourth-order valence-corrected chi connectivity index (χ4v) is 1.00. The van der Waals surface area contributed by atoms with Crippen molar-refractivity contribution in [3.8, 4) is 0 Å². The Balaban J connectivity index is 0. The van der Waals surface area contributed by atoms with Gasteiger partial charge < -0.3 is 10.5 Å². The molecule has 0 spiro atoms. The third-order valence-corrected chi connectivity index (χ3v) is 1.83. The summed E-state index contributed by atoms with van der Waals surface area (Å²) in [5, 5.41) is 0. The van der Waals surface area contributed by atoms with Crippen molar-refractivity contribution in [1.82, 2.24) is 0 Å². The Morgan fingerprint density at radius 3 is 2.42 bits per heavy atom. The van der Waals surface area contributed by atoms with Crippen LogP contribution >= 0.6 is 12.4 Å². The van der Waals surface area contributed by atoms with Crippen LogP contribution in [-0.4, -0.2) is 19.1 Å². The molecule has 74 valence electrons. The van der Waals surface area contributed by atoms with Gasteiger partial charge in [-0.2, -0.15) is 0 Å². The van der Waals surface area contributed by atoms with Crippen LogP contribution in [0.25, 0.3) is 0 Å². The number of halogens is 1. The zero-order valence-electron chi connectivity index (χ0n) is 7.87. The smallest absolute Gasteiger partial charge is 0.322 e. The Bertz CT molecular complexity index is 130. The van der Waals surface area contributed by atoms with Crippen molar-refractivity contribution >= 4 is 18.4 Å². The molecule has 0 bridgehead atoms. The van der Waals surface area contributed by atoms with Gasteiger partial charge in [-0.1, -0.05) is 20.3 Å². The van der Waals surface area contributed by atoms with E-state index in [-0.39, 0.29) is 24.3 Å². The average molecular weight is 196 g/mol. The molecule has 0 radical (unpaired) electrons. The van der Waals surface area contributed by atoms with Crippen molar-refractivity contribution in [2.45, 2.75) is 32.7 Å². The molecule has 4 heteroatoms. The van der Waals surface area contributed by atoms with Crippen LogP contribution in [0.5, 0.6) is 0 Å². The molecular weight excluding hydrogens is 178 g/mol. The van der Waals surface area contributed by atoms with Crippen LogP contribution in [0, 0.1) is 5.92 Å². The number of carbonyl (C=O) groups is 1. The van der Waals surface area contributed by atoms with E-state index in [0.717, 1.165) is 12.8 Å². The molecule has 0 aliphatic rings. The van der Waals surface area contributed by atoms with Gasteiger partial charge in [0.25, 0.3) is 0 Å². The van der Waals surface area contributed by atoms with Crippen LogP contribution in [-0.2, 0) is 9.53 Å². The molecule has 3 nitrogen and oxygen atoms in total. The second kappa shape index (κ2) is 7.37. The fourth-order valence-electron chi connectivity index (χ4n) is 1.00. The molecule has 2 atom stereocenters. The molecule has 0 fully saturated rings. The zero-order valence-corrected chi connectivity index (χ0v) is 8.69. The molecule has 12 heavy (non-hydrogen) atoms. The first-order valence-corrected chi connectivity index (χ1v) is 3.96. The van der Waals surface area contributed by atoms with Gasteiger partial charge in [0, 0.05) is 0 Å². The maximum absolute atomic E-state index is 10.9. The SMILES string of the molecule is CCC[C@H](C)[C@H](N)C(=O)OC.Cl. The lowest BCUT2D eigenvalue weighted by Crippen LogP contribution is -2.37. The van der Waals surface area contributed by atoms with Gasteiger partial charge in [-0.3, -0.25) is 4.79 Å². The third kappa shape index (κ3) is 4.57. The molecule has 0 amide bonds. The topological polar surface area (TPSA) is 52.3 Å². The second-order valence-electron chi connectivity index (χ2n) is 2.81. The van der Waals surface area contributed by atoms with Crippen LogP contribution < -0.4 is 5.73 Å². The highest BCUT2D eigenvalue weighted by Gasteiger charge is 2.19. The maximum atomic E-state index is 10.9. The Hall–Kier alpha value is -0.280. The molecule has 0 aromatic heterocycles. The lowest BCUT2D eigenvalue weighted by molar-refractivity contribution is -0.143. The minimum atomic E-state index is -0.458. The molecule has 2 N–H and O–H groups in total. The summed E-state index contributed by atoms with van der Waals surface area (Å²) in [6.45, 7) is 4.03. The van der Waals surface area contributed by atoms with Crippen molar-refractivity contribution in [2.24, 2.45) is 11.7 Å². The zero-order chi connectivity index (χ0) is 8.85. The van der Waals surface area contributed by atoms with Crippen LogP contribution in [0.3, 0.4) is 0 Å². The number of carbonyl (C=O) groups excluding carboxylic acids is 1. The lowest BCUT2D eigenvalue weighted by Gasteiger charge is -2.16. The fraction of sp³-hybridized carbons (Fsp3) is 0.875. The number of methoxy groups -OCH3 is 1. The first-order chi connectivity index (χ1) is 5.13. The van der Waals surface area contributed by atoms with E-state index in [4.69, 9.17) is 5.73 Å². The van der Waals surface area contributed by atoms with Crippen molar-refractivity contribution in [1.29, 1.82) is 0 Å². The number of hydrogen-bond donors (Lipinski definition) is 1.